The third kappa shape index (κ3) is 4.87. The Hall–Kier alpha value is -1.26. The molecule has 0 saturated carbocycles. The van der Waals surface area contributed by atoms with E-state index in [-0.39, 0.29) is 0 Å². The maximum Gasteiger partial charge on any atom is 0.124 e. The molecule has 1 aliphatic heterocycles. The van der Waals surface area contributed by atoms with Crippen LogP contribution in [0, 0.1) is 0 Å². The van der Waals surface area contributed by atoms with Crippen LogP contribution in [-0.4, -0.2) is 19.3 Å². The normalized spacial score (nSPS) is 17.2. The molecule has 1 atom stereocenters. The van der Waals surface area contributed by atoms with Gasteiger partial charge < -0.3 is 14.8 Å². The summed E-state index contributed by atoms with van der Waals surface area (Å²) in [6.45, 7) is 2.92. The lowest BCUT2D eigenvalue weighted by Gasteiger charge is -2.14. The molecule has 3 nitrogen and oxygen atoms in total. The Bertz CT molecular complexity index is 672. The predicted octanol–water partition coefficient (Wildman–Crippen LogP) is 4.84. The Labute approximate surface area is 152 Å². The Balaban J connectivity index is 1.56. The SMILES string of the molecule is Clc1ccc(COc2ccccc2CNC[C@@H]2CCCO2)c(Cl)c1. The summed E-state index contributed by atoms with van der Waals surface area (Å²) in [4.78, 5) is 0. The molecule has 0 amide bonds. The van der Waals surface area contributed by atoms with Gasteiger partial charge in [0.1, 0.15) is 12.4 Å². The molecule has 1 N–H and O–H groups in total. The summed E-state index contributed by atoms with van der Waals surface area (Å²) in [5.41, 5.74) is 2.05. The molecule has 0 spiro atoms. The lowest BCUT2D eigenvalue weighted by molar-refractivity contribution is 0.110. The molecule has 0 bridgehead atoms. The Morgan fingerprint density at radius 2 is 2.00 bits per heavy atom. The minimum atomic E-state index is 0.339. The first-order chi connectivity index (χ1) is 11.7. The second kappa shape index (κ2) is 8.72. The fourth-order valence-electron chi connectivity index (χ4n) is 2.76. The molecular formula is C19H21Cl2NO2. The van der Waals surface area contributed by atoms with E-state index in [1.165, 1.54) is 0 Å². The molecule has 3 rings (SSSR count). The highest BCUT2D eigenvalue weighted by molar-refractivity contribution is 6.35. The van der Waals surface area contributed by atoms with Crippen molar-refractivity contribution in [3.8, 4) is 5.75 Å². The van der Waals surface area contributed by atoms with Crippen molar-refractivity contribution >= 4 is 23.2 Å². The third-order valence-electron chi connectivity index (χ3n) is 4.08. The zero-order chi connectivity index (χ0) is 16.8. The van der Waals surface area contributed by atoms with Crippen LogP contribution in [0.25, 0.3) is 0 Å². The van der Waals surface area contributed by atoms with Crippen molar-refractivity contribution in [2.75, 3.05) is 13.2 Å². The summed E-state index contributed by atoms with van der Waals surface area (Å²) in [6.07, 6.45) is 2.64. The van der Waals surface area contributed by atoms with E-state index in [9.17, 15) is 0 Å². The van der Waals surface area contributed by atoms with Gasteiger partial charge in [-0.05, 0) is 31.0 Å². The van der Waals surface area contributed by atoms with Crippen molar-refractivity contribution in [1.29, 1.82) is 0 Å². The van der Waals surface area contributed by atoms with E-state index in [0.717, 1.165) is 49.4 Å². The zero-order valence-corrected chi connectivity index (χ0v) is 14.9. The van der Waals surface area contributed by atoms with E-state index in [0.29, 0.717) is 22.8 Å². The van der Waals surface area contributed by atoms with Gasteiger partial charge in [-0.1, -0.05) is 47.5 Å². The molecule has 1 aliphatic rings. The molecule has 2 aromatic rings. The van der Waals surface area contributed by atoms with Crippen LogP contribution < -0.4 is 10.1 Å². The van der Waals surface area contributed by atoms with E-state index in [1.54, 1.807) is 6.07 Å². The number of nitrogens with one attached hydrogen (secondary N) is 1. The van der Waals surface area contributed by atoms with Crippen LogP contribution in [0.2, 0.25) is 10.0 Å². The van der Waals surface area contributed by atoms with Gasteiger partial charge in [0.05, 0.1) is 6.10 Å². The summed E-state index contributed by atoms with van der Waals surface area (Å²) < 4.78 is 11.6. The van der Waals surface area contributed by atoms with E-state index >= 15 is 0 Å². The van der Waals surface area contributed by atoms with Crippen LogP contribution >= 0.6 is 23.2 Å². The third-order valence-corrected chi connectivity index (χ3v) is 4.67. The molecule has 0 aliphatic carbocycles. The van der Waals surface area contributed by atoms with Gasteiger partial charge in [0.2, 0.25) is 0 Å². The minimum absolute atomic E-state index is 0.339. The van der Waals surface area contributed by atoms with Crippen LogP contribution in [0.4, 0.5) is 0 Å². The maximum atomic E-state index is 6.20. The van der Waals surface area contributed by atoms with E-state index in [2.05, 4.69) is 11.4 Å². The van der Waals surface area contributed by atoms with E-state index in [1.807, 2.05) is 30.3 Å². The highest BCUT2D eigenvalue weighted by Crippen LogP contribution is 2.24. The molecule has 0 radical (unpaired) electrons. The second-order valence-corrected chi connectivity index (χ2v) is 6.74. The molecule has 0 unspecified atom stereocenters. The number of hydrogen-bond donors (Lipinski definition) is 1. The summed E-state index contributed by atoms with van der Waals surface area (Å²) >= 11 is 12.1. The molecule has 1 saturated heterocycles. The smallest absolute Gasteiger partial charge is 0.124 e. The van der Waals surface area contributed by atoms with E-state index < -0.39 is 0 Å². The number of para-hydroxylation sites is 1. The van der Waals surface area contributed by atoms with Crippen LogP contribution in [0.5, 0.6) is 5.75 Å². The standard InChI is InChI=1S/C19H21Cl2NO2/c20-16-8-7-15(18(21)10-16)13-24-19-6-2-1-4-14(19)11-22-12-17-5-3-9-23-17/h1-2,4,6-8,10,17,22H,3,5,9,11-13H2/t17-/m0/s1. The van der Waals surface area contributed by atoms with Crippen molar-refractivity contribution < 1.29 is 9.47 Å². The molecule has 128 valence electrons. The van der Waals surface area contributed by atoms with Gasteiger partial charge in [-0.3, -0.25) is 0 Å². The van der Waals surface area contributed by atoms with Gasteiger partial charge in [0.15, 0.2) is 0 Å². The maximum absolute atomic E-state index is 6.20. The number of rotatable bonds is 7. The number of halogens is 2. The van der Waals surface area contributed by atoms with Crippen LogP contribution in [-0.2, 0) is 17.9 Å². The average Bonchev–Trinajstić information content (AvgIpc) is 3.08. The van der Waals surface area contributed by atoms with Gasteiger partial charge >= 0.3 is 0 Å². The Morgan fingerprint density at radius 3 is 2.79 bits per heavy atom. The number of benzene rings is 2. The number of hydrogen-bond acceptors (Lipinski definition) is 3. The highest BCUT2D eigenvalue weighted by atomic mass is 35.5. The first-order valence-electron chi connectivity index (χ1n) is 8.19. The zero-order valence-electron chi connectivity index (χ0n) is 13.4. The fourth-order valence-corrected chi connectivity index (χ4v) is 3.22. The van der Waals surface area contributed by atoms with Crippen LogP contribution in [0.1, 0.15) is 24.0 Å². The summed E-state index contributed by atoms with van der Waals surface area (Å²) in [7, 11) is 0. The molecule has 1 fully saturated rings. The molecule has 1 heterocycles. The van der Waals surface area contributed by atoms with Crippen molar-refractivity contribution in [3.63, 3.8) is 0 Å². The number of ether oxygens (including phenoxy) is 2. The van der Waals surface area contributed by atoms with Gasteiger partial charge in [0, 0.05) is 40.9 Å². The van der Waals surface area contributed by atoms with Crippen molar-refractivity contribution in [1.82, 2.24) is 5.32 Å². The first-order valence-corrected chi connectivity index (χ1v) is 8.95. The quantitative estimate of drug-likeness (QED) is 0.761. The molecular weight excluding hydrogens is 345 g/mol. The van der Waals surface area contributed by atoms with Crippen molar-refractivity contribution in [2.45, 2.75) is 32.1 Å². The van der Waals surface area contributed by atoms with Gasteiger partial charge in [-0.2, -0.15) is 0 Å². The van der Waals surface area contributed by atoms with E-state index in [4.69, 9.17) is 32.7 Å². The monoisotopic (exact) mass is 365 g/mol. The predicted molar refractivity (Wildman–Crippen MR) is 97.9 cm³/mol. The van der Waals surface area contributed by atoms with Crippen LogP contribution in [0.3, 0.4) is 0 Å². The molecule has 0 aromatic heterocycles. The topological polar surface area (TPSA) is 30.5 Å². The summed E-state index contributed by atoms with van der Waals surface area (Å²) in [6, 6.07) is 13.5. The largest absolute Gasteiger partial charge is 0.489 e. The van der Waals surface area contributed by atoms with Gasteiger partial charge in [-0.15, -0.1) is 0 Å². The Kier molecular flexibility index (Phi) is 6.38. The summed E-state index contributed by atoms with van der Waals surface area (Å²) in [5.74, 6) is 0.864. The fraction of sp³-hybridized carbons (Fsp3) is 0.368. The van der Waals surface area contributed by atoms with Gasteiger partial charge in [-0.25, -0.2) is 0 Å². The highest BCUT2D eigenvalue weighted by Gasteiger charge is 2.15. The molecule has 24 heavy (non-hydrogen) atoms. The lowest BCUT2D eigenvalue weighted by Crippen LogP contribution is -2.25. The Morgan fingerprint density at radius 1 is 1.12 bits per heavy atom. The molecule has 2 aromatic carbocycles. The van der Waals surface area contributed by atoms with Crippen molar-refractivity contribution in [3.05, 3.63) is 63.6 Å². The average molecular weight is 366 g/mol. The second-order valence-electron chi connectivity index (χ2n) is 5.90. The lowest BCUT2D eigenvalue weighted by atomic mass is 10.2. The minimum Gasteiger partial charge on any atom is -0.489 e. The van der Waals surface area contributed by atoms with Crippen molar-refractivity contribution in [2.24, 2.45) is 0 Å². The van der Waals surface area contributed by atoms with Crippen LogP contribution in [0.15, 0.2) is 42.5 Å². The molecule has 5 heteroatoms. The van der Waals surface area contributed by atoms with Gasteiger partial charge in [0.25, 0.3) is 0 Å². The summed E-state index contributed by atoms with van der Waals surface area (Å²) in [5, 5.41) is 4.70. The first kappa shape index (κ1) is 17.6.